The van der Waals surface area contributed by atoms with Crippen molar-refractivity contribution in [3.63, 3.8) is 0 Å². The Kier molecular flexibility index (Phi) is 8.72. The molecule has 2 amide bonds. The van der Waals surface area contributed by atoms with Gasteiger partial charge in [0.25, 0.3) is 5.91 Å². The predicted octanol–water partition coefficient (Wildman–Crippen LogP) is 5.84. The molecule has 0 saturated heterocycles. The molecular weight excluding hydrogens is 610 g/mol. The van der Waals surface area contributed by atoms with E-state index in [2.05, 4.69) is 20.3 Å². The van der Waals surface area contributed by atoms with Crippen LogP contribution in [0.25, 0.3) is 16.8 Å². The maximum absolute atomic E-state index is 13.8. The van der Waals surface area contributed by atoms with Gasteiger partial charge in [0, 0.05) is 58.6 Å². The van der Waals surface area contributed by atoms with E-state index in [4.69, 9.17) is 16.6 Å². The van der Waals surface area contributed by atoms with Gasteiger partial charge in [0.2, 0.25) is 15.9 Å². The summed E-state index contributed by atoms with van der Waals surface area (Å²) in [4.78, 5) is 35.4. The molecule has 2 heterocycles. The summed E-state index contributed by atoms with van der Waals surface area (Å²) in [5.41, 5.74) is 3.29. The Balaban J connectivity index is 1.44. The van der Waals surface area contributed by atoms with Crippen LogP contribution in [0.15, 0.2) is 78.1 Å². The number of nitrogens with zero attached hydrogens (tertiary/aromatic N) is 2. The van der Waals surface area contributed by atoms with E-state index in [1.165, 1.54) is 12.3 Å². The Bertz CT molecular complexity index is 1910. The SMILES string of the molecule is CC(C)CNS(=O)(=O)c1cc2c(c3cnc(C4CC4)cc13)C(NC(=O)c1cccnc1)CC2NC(=O)C=Cc1ccccc1Cl. The molecule has 0 radical (unpaired) electrons. The average Bonchev–Trinajstić information content (AvgIpc) is 3.83. The second-order valence-electron chi connectivity index (χ2n) is 12.0. The number of amides is 2. The minimum Gasteiger partial charge on any atom is -0.346 e. The van der Waals surface area contributed by atoms with Gasteiger partial charge in [-0.05, 0) is 78.3 Å². The van der Waals surface area contributed by atoms with Gasteiger partial charge >= 0.3 is 0 Å². The van der Waals surface area contributed by atoms with E-state index in [9.17, 15) is 18.0 Å². The number of rotatable bonds is 10. The average molecular weight is 644 g/mol. The van der Waals surface area contributed by atoms with Gasteiger partial charge in [0.15, 0.2) is 0 Å². The smallest absolute Gasteiger partial charge is 0.253 e. The molecule has 0 spiro atoms. The molecule has 2 atom stereocenters. The van der Waals surface area contributed by atoms with Crippen LogP contribution in [0.1, 0.15) is 83.9 Å². The lowest BCUT2D eigenvalue weighted by molar-refractivity contribution is -0.117. The van der Waals surface area contributed by atoms with Gasteiger partial charge in [-0.3, -0.25) is 19.6 Å². The first kappa shape index (κ1) is 30.9. The summed E-state index contributed by atoms with van der Waals surface area (Å²) >= 11 is 6.26. The molecule has 2 aromatic heterocycles. The topological polar surface area (TPSA) is 130 Å². The molecule has 6 rings (SSSR count). The van der Waals surface area contributed by atoms with Gasteiger partial charge < -0.3 is 10.6 Å². The number of carbonyl (C=O) groups is 2. The number of fused-ring (bicyclic) bond motifs is 3. The van der Waals surface area contributed by atoms with Crippen LogP contribution in [-0.4, -0.2) is 36.7 Å². The number of benzene rings is 2. The number of carbonyl (C=O) groups excluding carboxylic acids is 2. The van der Waals surface area contributed by atoms with Crippen molar-refractivity contribution in [1.29, 1.82) is 0 Å². The van der Waals surface area contributed by atoms with Crippen molar-refractivity contribution in [3.05, 3.63) is 106 Å². The number of hydrogen-bond acceptors (Lipinski definition) is 6. The molecule has 1 fully saturated rings. The Hall–Kier alpha value is -4.12. The van der Waals surface area contributed by atoms with Gasteiger partial charge in [-0.15, -0.1) is 0 Å². The van der Waals surface area contributed by atoms with Crippen molar-refractivity contribution in [3.8, 4) is 0 Å². The van der Waals surface area contributed by atoms with E-state index >= 15 is 0 Å². The van der Waals surface area contributed by atoms with Gasteiger partial charge in [0.1, 0.15) is 0 Å². The fourth-order valence-corrected chi connectivity index (χ4v) is 7.33. The minimum absolute atomic E-state index is 0.105. The van der Waals surface area contributed by atoms with E-state index in [0.29, 0.717) is 44.8 Å². The number of hydrogen-bond donors (Lipinski definition) is 3. The third kappa shape index (κ3) is 6.78. The molecular formula is C34H34ClN5O4S. The predicted molar refractivity (Wildman–Crippen MR) is 174 cm³/mol. The van der Waals surface area contributed by atoms with Crippen molar-refractivity contribution < 1.29 is 18.0 Å². The summed E-state index contributed by atoms with van der Waals surface area (Å²) in [5, 5.41) is 7.82. The van der Waals surface area contributed by atoms with Crippen LogP contribution in [-0.2, 0) is 14.8 Å². The molecule has 45 heavy (non-hydrogen) atoms. The number of sulfonamides is 1. The third-order valence-electron chi connectivity index (χ3n) is 8.11. The first-order chi connectivity index (χ1) is 21.6. The standard InChI is InChI=1S/C34H34ClN5O4S/c1-20(2)17-38-45(43,44)31-15-25-29(39-32(41)12-11-21-6-3-4-8-27(21)35)16-30(40-34(42)23-7-5-13-36-18-23)33(25)26-19-37-28(14-24(26)31)22-9-10-22/h3-8,11-15,18-20,22,29-30,38H,9-10,16-17H2,1-2H3,(H,39,41)(H,40,42). The number of pyridine rings is 2. The Labute approximate surface area is 267 Å². The maximum Gasteiger partial charge on any atom is 0.253 e. The normalized spacial score (nSPS) is 18.0. The van der Waals surface area contributed by atoms with Gasteiger partial charge in [0.05, 0.1) is 22.5 Å². The fraction of sp³-hybridized carbons (Fsp3) is 0.294. The van der Waals surface area contributed by atoms with Crippen LogP contribution in [0, 0.1) is 5.92 Å². The number of aromatic nitrogens is 2. The largest absolute Gasteiger partial charge is 0.346 e. The molecule has 0 aliphatic heterocycles. The van der Waals surface area contributed by atoms with Crippen LogP contribution in [0.3, 0.4) is 0 Å². The van der Waals surface area contributed by atoms with Crippen LogP contribution >= 0.6 is 11.6 Å². The highest BCUT2D eigenvalue weighted by Crippen LogP contribution is 2.47. The van der Waals surface area contributed by atoms with Crippen molar-refractivity contribution in [2.75, 3.05) is 6.54 Å². The summed E-state index contributed by atoms with van der Waals surface area (Å²) in [6.07, 6.45) is 10.2. The summed E-state index contributed by atoms with van der Waals surface area (Å²) in [5.74, 6) is -0.293. The molecule has 3 N–H and O–H groups in total. The van der Waals surface area contributed by atoms with Crippen LogP contribution < -0.4 is 15.4 Å². The summed E-state index contributed by atoms with van der Waals surface area (Å²) in [6.45, 7) is 4.16. The van der Waals surface area contributed by atoms with Gasteiger partial charge in [-0.2, -0.15) is 0 Å². The summed E-state index contributed by atoms with van der Waals surface area (Å²) in [6, 6.07) is 12.9. The summed E-state index contributed by atoms with van der Waals surface area (Å²) in [7, 11) is -3.93. The van der Waals surface area contributed by atoms with Crippen LogP contribution in [0.2, 0.25) is 5.02 Å². The molecule has 2 aliphatic carbocycles. The highest BCUT2D eigenvalue weighted by Gasteiger charge is 2.37. The lowest BCUT2D eigenvalue weighted by Gasteiger charge is -2.19. The molecule has 2 unspecified atom stereocenters. The van der Waals surface area contributed by atoms with E-state index in [1.54, 1.807) is 48.8 Å². The molecule has 11 heteroatoms. The molecule has 1 saturated carbocycles. The first-order valence-electron chi connectivity index (χ1n) is 15.0. The second kappa shape index (κ2) is 12.7. The van der Waals surface area contributed by atoms with E-state index < -0.39 is 22.1 Å². The van der Waals surface area contributed by atoms with E-state index in [1.807, 2.05) is 32.0 Å². The monoisotopic (exact) mass is 643 g/mol. The Morgan fingerprint density at radius 3 is 2.53 bits per heavy atom. The fourth-order valence-electron chi connectivity index (χ4n) is 5.68. The zero-order valence-corrected chi connectivity index (χ0v) is 26.5. The lowest BCUT2D eigenvalue weighted by Crippen LogP contribution is -2.29. The first-order valence-corrected chi connectivity index (χ1v) is 16.9. The molecule has 9 nitrogen and oxygen atoms in total. The molecule has 2 aromatic carbocycles. The zero-order chi connectivity index (χ0) is 31.7. The van der Waals surface area contributed by atoms with Crippen molar-refractivity contribution >= 4 is 50.3 Å². The third-order valence-corrected chi connectivity index (χ3v) is 9.91. The van der Waals surface area contributed by atoms with Gasteiger partial charge in [-0.25, -0.2) is 13.1 Å². The molecule has 232 valence electrons. The Morgan fingerprint density at radius 1 is 1.02 bits per heavy atom. The highest BCUT2D eigenvalue weighted by molar-refractivity contribution is 7.89. The second-order valence-corrected chi connectivity index (χ2v) is 14.1. The highest BCUT2D eigenvalue weighted by atomic mass is 35.5. The minimum atomic E-state index is -3.93. The zero-order valence-electron chi connectivity index (χ0n) is 25.0. The lowest BCUT2D eigenvalue weighted by atomic mass is 9.98. The van der Waals surface area contributed by atoms with Crippen molar-refractivity contribution in [2.45, 2.75) is 56.0 Å². The van der Waals surface area contributed by atoms with Crippen molar-refractivity contribution in [1.82, 2.24) is 25.3 Å². The van der Waals surface area contributed by atoms with Crippen LogP contribution in [0.5, 0.6) is 0 Å². The molecule has 2 aliphatic rings. The maximum atomic E-state index is 13.8. The molecule has 4 aromatic rings. The number of nitrogens with one attached hydrogen (secondary N) is 3. The van der Waals surface area contributed by atoms with E-state index in [-0.39, 0.29) is 29.2 Å². The van der Waals surface area contributed by atoms with Crippen LogP contribution in [0.4, 0.5) is 0 Å². The van der Waals surface area contributed by atoms with Gasteiger partial charge in [-0.1, -0.05) is 43.6 Å². The van der Waals surface area contributed by atoms with Crippen molar-refractivity contribution in [2.24, 2.45) is 5.92 Å². The summed E-state index contributed by atoms with van der Waals surface area (Å²) < 4.78 is 30.3. The quantitative estimate of drug-likeness (QED) is 0.186. The van der Waals surface area contributed by atoms with E-state index in [0.717, 1.165) is 24.1 Å². The Morgan fingerprint density at radius 2 is 1.82 bits per heavy atom. The number of halogens is 1. The molecule has 0 bridgehead atoms.